The topological polar surface area (TPSA) is 96.4 Å². The number of β-lactam (4-membered cyclic amide) rings is 1. The molecule has 0 unspecified atom stereocenters. The lowest BCUT2D eigenvalue weighted by molar-refractivity contribution is -0.162. The third kappa shape index (κ3) is 4.27. The molecule has 9 heteroatoms. The SMILES string of the molecule is C=CCOC(=O)C1=C(S[C@H]2CCN(C(=O)OCC=C)C2)C[C@@H]2[C@H]([C@@H](O)CC)C(=O)N12. The molecule has 3 aliphatic rings. The first-order chi connectivity index (χ1) is 14.4. The van der Waals surface area contributed by atoms with Crippen LogP contribution in [0.1, 0.15) is 26.2 Å². The van der Waals surface area contributed by atoms with Crippen LogP contribution >= 0.6 is 11.8 Å². The number of hydrogen-bond donors (Lipinski definition) is 1. The van der Waals surface area contributed by atoms with Crippen LogP contribution in [-0.2, 0) is 19.1 Å². The first-order valence-electron chi connectivity index (χ1n) is 10.1. The van der Waals surface area contributed by atoms with Gasteiger partial charge in [0.15, 0.2) is 0 Å². The summed E-state index contributed by atoms with van der Waals surface area (Å²) in [6, 6.07) is -0.226. The van der Waals surface area contributed by atoms with Crippen molar-refractivity contribution in [1.82, 2.24) is 9.80 Å². The zero-order valence-corrected chi connectivity index (χ0v) is 17.9. The molecule has 3 heterocycles. The van der Waals surface area contributed by atoms with Crippen molar-refractivity contribution in [1.29, 1.82) is 0 Å². The summed E-state index contributed by atoms with van der Waals surface area (Å²) in [7, 11) is 0. The molecule has 3 aliphatic heterocycles. The number of fused-ring (bicyclic) bond motifs is 1. The van der Waals surface area contributed by atoms with Crippen molar-refractivity contribution in [2.24, 2.45) is 5.92 Å². The fourth-order valence-corrected chi connectivity index (χ4v) is 5.53. The number of nitrogens with zero attached hydrogens (tertiary/aromatic N) is 2. The van der Waals surface area contributed by atoms with Crippen LogP contribution in [0, 0.1) is 5.92 Å². The predicted molar refractivity (Wildman–Crippen MR) is 112 cm³/mol. The first-order valence-corrected chi connectivity index (χ1v) is 11.0. The molecule has 0 saturated carbocycles. The molecule has 0 radical (unpaired) electrons. The number of hydrogen-bond acceptors (Lipinski definition) is 7. The van der Waals surface area contributed by atoms with Crippen molar-refractivity contribution >= 4 is 29.7 Å². The minimum atomic E-state index is -0.727. The van der Waals surface area contributed by atoms with Gasteiger partial charge in [-0.3, -0.25) is 4.79 Å². The molecule has 0 aromatic rings. The van der Waals surface area contributed by atoms with Crippen LogP contribution in [0.5, 0.6) is 0 Å². The highest BCUT2D eigenvalue weighted by Crippen LogP contribution is 2.49. The summed E-state index contributed by atoms with van der Waals surface area (Å²) in [4.78, 5) is 41.3. The van der Waals surface area contributed by atoms with Crippen molar-refractivity contribution in [3.63, 3.8) is 0 Å². The Morgan fingerprint density at radius 1 is 1.30 bits per heavy atom. The van der Waals surface area contributed by atoms with Crippen molar-refractivity contribution in [2.45, 2.75) is 43.6 Å². The molecular weight excluding hydrogens is 408 g/mol. The molecule has 2 saturated heterocycles. The Bertz CT molecular complexity index is 767. The van der Waals surface area contributed by atoms with Gasteiger partial charge in [0.2, 0.25) is 5.91 Å². The second-order valence-corrected chi connectivity index (χ2v) is 8.88. The molecule has 0 aromatic heterocycles. The fourth-order valence-electron chi connectivity index (χ4n) is 4.09. The average Bonchev–Trinajstić information content (AvgIpc) is 3.33. The van der Waals surface area contributed by atoms with E-state index < -0.39 is 18.0 Å². The van der Waals surface area contributed by atoms with E-state index in [1.807, 2.05) is 6.92 Å². The zero-order valence-electron chi connectivity index (χ0n) is 17.1. The Labute approximate surface area is 180 Å². The molecule has 30 heavy (non-hydrogen) atoms. The van der Waals surface area contributed by atoms with Crippen LogP contribution in [0.25, 0.3) is 0 Å². The average molecular weight is 437 g/mol. The molecule has 8 nitrogen and oxygen atoms in total. The Morgan fingerprint density at radius 3 is 2.67 bits per heavy atom. The lowest BCUT2D eigenvalue weighted by atomic mass is 9.82. The van der Waals surface area contributed by atoms with Gasteiger partial charge in [-0.2, -0.15) is 0 Å². The molecule has 0 aliphatic carbocycles. The monoisotopic (exact) mass is 436 g/mol. The number of thioether (sulfide) groups is 1. The van der Waals surface area contributed by atoms with Gasteiger partial charge in [-0.1, -0.05) is 32.2 Å². The standard InChI is InChI=1S/C21H28N2O6S/c1-4-9-28-20(26)18-16(11-14-17(15(24)6-3)19(25)23(14)18)30-13-7-8-22(12-13)21(27)29-10-5-2/h4-5,13-15,17,24H,1-2,6-12H2,3H3/t13-,14+,15-,17+/m0/s1. The van der Waals surface area contributed by atoms with Gasteiger partial charge < -0.3 is 24.4 Å². The third-order valence-corrected chi connectivity index (χ3v) is 6.93. The Morgan fingerprint density at radius 2 is 2.00 bits per heavy atom. The maximum Gasteiger partial charge on any atom is 0.410 e. The Balaban J connectivity index is 1.72. The third-order valence-electron chi connectivity index (χ3n) is 5.56. The van der Waals surface area contributed by atoms with Crippen molar-refractivity contribution < 1.29 is 29.0 Å². The van der Waals surface area contributed by atoms with Gasteiger partial charge in [0.05, 0.1) is 18.1 Å². The van der Waals surface area contributed by atoms with Crippen LogP contribution in [-0.4, -0.2) is 76.6 Å². The molecule has 0 bridgehead atoms. The van der Waals surface area contributed by atoms with E-state index in [0.29, 0.717) is 25.9 Å². The minimum absolute atomic E-state index is 0.0559. The number of ether oxygens (including phenoxy) is 2. The summed E-state index contributed by atoms with van der Waals surface area (Å²) >= 11 is 1.51. The molecule has 3 rings (SSSR count). The highest BCUT2D eigenvalue weighted by atomic mass is 32.2. The van der Waals surface area contributed by atoms with E-state index in [-0.39, 0.29) is 42.2 Å². The first kappa shape index (κ1) is 22.4. The normalized spacial score (nSPS) is 26.2. The van der Waals surface area contributed by atoms with Crippen LogP contribution < -0.4 is 0 Å². The van der Waals surface area contributed by atoms with Gasteiger partial charge in [-0.05, 0) is 12.8 Å². The maximum absolute atomic E-state index is 12.7. The smallest absolute Gasteiger partial charge is 0.410 e. The summed E-state index contributed by atoms with van der Waals surface area (Å²) in [5, 5.41) is 10.3. The van der Waals surface area contributed by atoms with E-state index in [1.54, 1.807) is 4.90 Å². The molecule has 0 aromatic carbocycles. The fraction of sp³-hybridized carbons (Fsp3) is 0.571. The molecule has 2 fully saturated rings. The number of esters is 1. The number of rotatable bonds is 9. The second-order valence-electron chi connectivity index (χ2n) is 7.48. The summed E-state index contributed by atoms with van der Waals surface area (Å²) in [6.45, 7) is 10.2. The van der Waals surface area contributed by atoms with Gasteiger partial charge in [0.1, 0.15) is 18.9 Å². The quantitative estimate of drug-likeness (QED) is 0.336. The maximum atomic E-state index is 12.7. The number of carbonyl (C=O) groups is 3. The number of aliphatic hydroxyl groups is 1. The van der Waals surface area contributed by atoms with E-state index in [0.717, 1.165) is 11.3 Å². The minimum Gasteiger partial charge on any atom is -0.457 e. The highest BCUT2D eigenvalue weighted by molar-refractivity contribution is 8.03. The van der Waals surface area contributed by atoms with E-state index in [2.05, 4.69) is 13.2 Å². The van der Waals surface area contributed by atoms with Gasteiger partial charge in [-0.15, -0.1) is 11.8 Å². The number of amides is 2. The van der Waals surface area contributed by atoms with Crippen LogP contribution in [0.2, 0.25) is 0 Å². The summed E-state index contributed by atoms with van der Waals surface area (Å²) in [6.07, 6.45) is 3.63. The Hall–Kier alpha value is -2.26. The van der Waals surface area contributed by atoms with E-state index in [1.165, 1.54) is 28.8 Å². The van der Waals surface area contributed by atoms with Crippen molar-refractivity contribution in [2.75, 3.05) is 26.3 Å². The van der Waals surface area contributed by atoms with E-state index in [4.69, 9.17) is 9.47 Å². The molecular formula is C21H28N2O6S. The summed E-state index contributed by atoms with van der Waals surface area (Å²) < 4.78 is 10.3. The van der Waals surface area contributed by atoms with Crippen LogP contribution in [0.3, 0.4) is 0 Å². The largest absolute Gasteiger partial charge is 0.457 e. The number of carbonyl (C=O) groups excluding carboxylic acids is 3. The van der Waals surface area contributed by atoms with E-state index >= 15 is 0 Å². The van der Waals surface area contributed by atoms with Gasteiger partial charge in [0.25, 0.3) is 0 Å². The molecule has 1 N–H and O–H groups in total. The Kier molecular flexibility index (Phi) is 7.25. The van der Waals surface area contributed by atoms with Gasteiger partial charge in [-0.25, -0.2) is 9.59 Å². The molecule has 4 atom stereocenters. The van der Waals surface area contributed by atoms with E-state index in [9.17, 15) is 19.5 Å². The molecule has 0 spiro atoms. The predicted octanol–water partition coefficient (Wildman–Crippen LogP) is 2.06. The molecule has 2 amide bonds. The molecule has 164 valence electrons. The van der Waals surface area contributed by atoms with Crippen LogP contribution in [0.15, 0.2) is 35.9 Å². The second kappa shape index (κ2) is 9.70. The van der Waals surface area contributed by atoms with Gasteiger partial charge >= 0.3 is 12.1 Å². The summed E-state index contributed by atoms with van der Waals surface area (Å²) in [5.74, 6) is -1.29. The van der Waals surface area contributed by atoms with Gasteiger partial charge in [0, 0.05) is 29.7 Å². The van der Waals surface area contributed by atoms with Crippen molar-refractivity contribution in [3.05, 3.63) is 35.9 Å². The number of aliphatic hydroxyl groups excluding tert-OH is 1. The summed E-state index contributed by atoms with van der Waals surface area (Å²) in [5.41, 5.74) is 0.268. The number of likely N-dealkylation sites (tertiary alicyclic amines) is 1. The highest BCUT2D eigenvalue weighted by Gasteiger charge is 2.57. The van der Waals surface area contributed by atoms with Crippen molar-refractivity contribution in [3.8, 4) is 0 Å². The lowest BCUT2D eigenvalue weighted by Crippen LogP contribution is -2.62. The van der Waals surface area contributed by atoms with Crippen LogP contribution in [0.4, 0.5) is 4.79 Å². The lowest BCUT2D eigenvalue weighted by Gasteiger charge is -2.45. The zero-order chi connectivity index (χ0) is 21.8.